The normalized spacial score (nSPS) is 17.6. The number of nitrogens with zero attached hydrogens (tertiary/aromatic N) is 2. The monoisotopic (exact) mass is 911 g/mol. The summed E-state index contributed by atoms with van der Waals surface area (Å²) in [6.45, 7) is 44.5. The maximum atomic E-state index is 12.0. The minimum absolute atomic E-state index is 0.142. The Morgan fingerprint density at radius 3 is 1.74 bits per heavy atom. The Bertz CT molecular complexity index is 1940. The fourth-order valence-corrected chi connectivity index (χ4v) is 7.40. The van der Waals surface area contributed by atoms with Crippen molar-refractivity contribution in [2.75, 3.05) is 52.0 Å². The largest absolute Gasteiger partial charge is 0.490 e. The first kappa shape index (κ1) is 60.1. The summed E-state index contributed by atoms with van der Waals surface area (Å²) in [6, 6.07) is 19.5. The van der Waals surface area contributed by atoms with E-state index in [0.717, 1.165) is 37.5 Å². The van der Waals surface area contributed by atoms with E-state index in [2.05, 4.69) is 147 Å². The van der Waals surface area contributed by atoms with E-state index >= 15 is 0 Å². The zero-order chi connectivity index (χ0) is 50.4. The van der Waals surface area contributed by atoms with Gasteiger partial charge in [0.25, 0.3) is 0 Å². The van der Waals surface area contributed by atoms with Gasteiger partial charge in [-0.3, -0.25) is 0 Å². The second-order valence-corrected chi connectivity index (χ2v) is 19.3. The van der Waals surface area contributed by atoms with E-state index in [1.807, 2.05) is 68.4 Å². The van der Waals surface area contributed by atoms with Gasteiger partial charge < -0.3 is 34.9 Å². The molecule has 0 spiro atoms. The molecule has 3 aromatic carbocycles. The SMILES string of the molecule is CC.CC.CC.CC1(C)OB(C2=CCNCC2)OC1(C)C.Cc1cc(C2CCN(C)CC2)ccc1N.Cc1ccc(C)c(C)c1.Cc1ccc(C2=CCN(C(=O)OC(C)(C)C)CC2)cc1C. The van der Waals surface area contributed by atoms with E-state index < -0.39 is 5.60 Å². The number of nitrogens with one attached hydrogen (secondary N) is 1. The van der Waals surface area contributed by atoms with Crippen LogP contribution in [-0.2, 0) is 14.0 Å². The van der Waals surface area contributed by atoms with Crippen molar-refractivity contribution < 1.29 is 18.8 Å². The van der Waals surface area contributed by atoms with Gasteiger partial charge in [-0.15, -0.1) is 0 Å². The Hall–Kier alpha value is -3.89. The number of ether oxygens (including phenoxy) is 1. The number of carbonyl (C=O) groups is 1. The molecule has 2 saturated heterocycles. The molecule has 0 aliphatic carbocycles. The third kappa shape index (κ3) is 19.8. The van der Waals surface area contributed by atoms with Gasteiger partial charge in [0.2, 0.25) is 0 Å². The van der Waals surface area contributed by atoms with Crippen molar-refractivity contribution in [2.24, 2.45) is 0 Å². The molecular formula is C57H95BN4O4. The Morgan fingerprint density at radius 1 is 0.727 bits per heavy atom. The number of rotatable bonds is 3. The van der Waals surface area contributed by atoms with Crippen LogP contribution in [0.25, 0.3) is 5.57 Å². The van der Waals surface area contributed by atoms with Gasteiger partial charge in [0.15, 0.2) is 0 Å². The van der Waals surface area contributed by atoms with Crippen LogP contribution in [0, 0.1) is 41.5 Å². The molecule has 2 fully saturated rings. The summed E-state index contributed by atoms with van der Waals surface area (Å²) in [4.78, 5) is 16.2. The summed E-state index contributed by atoms with van der Waals surface area (Å²) in [5.74, 6) is 0.737. The van der Waals surface area contributed by atoms with Crippen LogP contribution >= 0.6 is 0 Å². The molecule has 0 radical (unpaired) electrons. The molecule has 8 nitrogen and oxygen atoms in total. The number of hydrogen-bond acceptors (Lipinski definition) is 7. The lowest BCUT2D eigenvalue weighted by Gasteiger charge is -2.32. The van der Waals surface area contributed by atoms with Crippen LogP contribution in [0.15, 0.2) is 72.2 Å². The molecule has 0 unspecified atom stereocenters. The van der Waals surface area contributed by atoms with Crippen LogP contribution in [0.4, 0.5) is 10.5 Å². The molecule has 4 aliphatic heterocycles. The van der Waals surface area contributed by atoms with Crippen molar-refractivity contribution >= 4 is 24.5 Å². The third-order valence-electron chi connectivity index (χ3n) is 12.5. The van der Waals surface area contributed by atoms with Crippen LogP contribution in [0.5, 0.6) is 0 Å². The zero-order valence-corrected chi connectivity index (χ0v) is 45.7. The summed E-state index contributed by atoms with van der Waals surface area (Å²) >= 11 is 0. The highest BCUT2D eigenvalue weighted by molar-refractivity contribution is 6.54. The highest BCUT2D eigenvalue weighted by atomic mass is 16.7. The van der Waals surface area contributed by atoms with Crippen molar-refractivity contribution in [2.45, 2.75) is 180 Å². The van der Waals surface area contributed by atoms with Crippen molar-refractivity contribution in [3.63, 3.8) is 0 Å². The first-order valence-electron chi connectivity index (χ1n) is 25.1. The number of hydrogen-bond donors (Lipinski definition) is 2. The number of benzene rings is 3. The summed E-state index contributed by atoms with van der Waals surface area (Å²) < 4.78 is 17.4. The van der Waals surface area contributed by atoms with E-state index in [1.165, 1.54) is 81.5 Å². The van der Waals surface area contributed by atoms with E-state index in [-0.39, 0.29) is 24.4 Å². The average molecular weight is 911 g/mol. The molecule has 4 heterocycles. The van der Waals surface area contributed by atoms with Gasteiger partial charge in [-0.1, -0.05) is 108 Å². The molecule has 0 saturated carbocycles. The molecular weight excluding hydrogens is 815 g/mol. The number of anilines is 1. The van der Waals surface area contributed by atoms with E-state index in [4.69, 9.17) is 19.8 Å². The molecule has 0 bridgehead atoms. The quantitative estimate of drug-likeness (QED) is 0.200. The van der Waals surface area contributed by atoms with E-state index in [1.54, 1.807) is 4.90 Å². The van der Waals surface area contributed by atoms with Crippen molar-refractivity contribution in [1.29, 1.82) is 0 Å². The molecule has 9 heteroatoms. The maximum absolute atomic E-state index is 12.0. The fourth-order valence-electron chi connectivity index (χ4n) is 7.40. The van der Waals surface area contributed by atoms with Crippen molar-refractivity contribution in [3.8, 4) is 0 Å². The molecule has 0 aromatic heterocycles. The van der Waals surface area contributed by atoms with Gasteiger partial charge in [-0.05, 0) is 204 Å². The number of amides is 1. The first-order valence-corrected chi connectivity index (χ1v) is 25.1. The minimum atomic E-state index is -0.435. The average Bonchev–Trinajstić information content (AvgIpc) is 3.52. The minimum Gasteiger partial charge on any atom is -0.444 e. The predicted molar refractivity (Wildman–Crippen MR) is 288 cm³/mol. The van der Waals surface area contributed by atoms with Crippen molar-refractivity contribution in [3.05, 3.63) is 117 Å². The molecule has 4 aliphatic rings. The third-order valence-corrected chi connectivity index (χ3v) is 12.5. The summed E-state index contributed by atoms with van der Waals surface area (Å²) in [5, 5.41) is 3.29. The molecule has 66 heavy (non-hydrogen) atoms. The molecule has 370 valence electrons. The van der Waals surface area contributed by atoms with Gasteiger partial charge in [0, 0.05) is 25.3 Å². The van der Waals surface area contributed by atoms with Gasteiger partial charge >= 0.3 is 13.2 Å². The van der Waals surface area contributed by atoms with Crippen molar-refractivity contribution in [1.82, 2.24) is 15.1 Å². The molecule has 3 N–H and O–H groups in total. The van der Waals surface area contributed by atoms with E-state index in [9.17, 15) is 4.79 Å². The molecule has 7 rings (SSSR count). The highest BCUT2D eigenvalue weighted by Crippen LogP contribution is 2.39. The zero-order valence-electron chi connectivity index (χ0n) is 45.7. The van der Waals surface area contributed by atoms with Crippen LogP contribution in [0.2, 0.25) is 0 Å². The topological polar surface area (TPSA) is 89.3 Å². The Labute approximate surface area is 405 Å². The van der Waals surface area contributed by atoms with Crippen LogP contribution in [0.3, 0.4) is 0 Å². The molecule has 0 atom stereocenters. The summed E-state index contributed by atoms with van der Waals surface area (Å²) in [5.41, 5.74) is 19.1. The summed E-state index contributed by atoms with van der Waals surface area (Å²) in [7, 11) is 2.06. The maximum Gasteiger partial charge on any atom is 0.490 e. The van der Waals surface area contributed by atoms with Gasteiger partial charge in [0.1, 0.15) is 5.60 Å². The number of piperidine rings is 1. The lowest BCUT2D eigenvalue weighted by molar-refractivity contribution is 0.00578. The molecule has 1 amide bonds. The van der Waals surface area contributed by atoms with Crippen LogP contribution < -0.4 is 11.1 Å². The Balaban J connectivity index is 0.000000436. The fraction of sp³-hybridized carbons (Fsp3) is 0.596. The van der Waals surface area contributed by atoms with E-state index in [0.29, 0.717) is 13.1 Å². The van der Waals surface area contributed by atoms with Gasteiger partial charge in [0.05, 0.1) is 11.2 Å². The second kappa shape index (κ2) is 29.1. The van der Waals surface area contributed by atoms with Gasteiger partial charge in [-0.2, -0.15) is 0 Å². The lowest BCUT2D eigenvalue weighted by Crippen LogP contribution is -2.41. The number of aryl methyl sites for hydroxylation is 6. The lowest BCUT2D eigenvalue weighted by atomic mass is 9.75. The summed E-state index contributed by atoms with van der Waals surface area (Å²) in [6.07, 6.45) is 8.56. The highest BCUT2D eigenvalue weighted by Gasteiger charge is 2.52. The van der Waals surface area contributed by atoms with Crippen LogP contribution in [0.1, 0.15) is 166 Å². The first-order chi connectivity index (χ1) is 31.0. The smallest absolute Gasteiger partial charge is 0.444 e. The number of carbonyl (C=O) groups excluding carboxylic acids is 1. The number of nitrogens with two attached hydrogens (primary N) is 1. The second-order valence-electron chi connectivity index (χ2n) is 19.3. The Kier molecular flexibility index (Phi) is 26.5. The van der Waals surface area contributed by atoms with Gasteiger partial charge in [-0.25, -0.2) is 4.79 Å². The number of nitrogen functional groups attached to an aromatic ring is 1. The standard InChI is InChI=1S/C18H25NO2.C13H20N2.C11H20BNO2.C9H12.3C2H6/c1-13-6-7-16(12-14(13)2)15-8-10-19(11-9-15)17(20)21-18(3,4)5;1-10-9-12(3-4-13(10)14)11-5-7-15(2)8-6-11;1-10(2)11(3,4)15-12(14-10)9-5-7-13-8-6-9;1-7-4-5-8(2)9(3)6-7;3*1-2/h6-8,12H,9-11H2,1-5H3;3-4,9,11H,5-8,14H2,1-2H3;5,13H,6-8H2,1-4H3;4-6H,1-3H3;3*1-2H3. The number of likely N-dealkylation sites (tertiary alicyclic amines) is 1. The predicted octanol–water partition coefficient (Wildman–Crippen LogP) is 13.9. The Morgan fingerprint density at radius 2 is 1.29 bits per heavy atom. The molecule has 3 aromatic rings. The van der Waals surface area contributed by atoms with Crippen LogP contribution in [-0.4, -0.2) is 86.1 Å².